The number of imide groups is 1. The minimum atomic E-state index is -1.87. The first-order valence-corrected chi connectivity index (χ1v) is 10.8. The van der Waals surface area contributed by atoms with Crippen molar-refractivity contribution in [1.29, 1.82) is 0 Å². The van der Waals surface area contributed by atoms with E-state index in [1.165, 1.54) is 42.5 Å². The maximum atomic E-state index is 13.4. The van der Waals surface area contributed by atoms with Gasteiger partial charge in [0.1, 0.15) is 28.6 Å². The standard InChI is InChI=1S/C25H15NO10/c27-11-1-3-13-17(9-11)35-18-10-12(28)2-4-14(18)25(13)15-5-6-16(26(34)19(29)7-8-20(26)30)22(23(31)32)21(15)24(33)36-25/h1-6,9-10,34H,7-8H2,(H2-,27,28,31,32)/p+1. The maximum Gasteiger partial charge on any atom is 0.359 e. The van der Waals surface area contributed by atoms with Crippen molar-refractivity contribution in [2.45, 2.75) is 18.4 Å². The van der Waals surface area contributed by atoms with Crippen LogP contribution in [0.5, 0.6) is 23.0 Å². The predicted octanol–water partition coefficient (Wildman–Crippen LogP) is 2.91. The summed E-state index contributed by atoms with van der Waals surface area (Å²) in [6, 6.07) is 10.6. The van der Waals surface area contributed by atoms with Crippen molar-refractivity contribution in [1.82, 2.24) is 4.65 Å². The largest absolute Gasteiger partial charge is 0.508 e. The molecule has 6 rings (SSSR count). The summed E-state index contributed by atoms with van der Waals surface area (Å²) in [5.41, 5.74) is -2.93. The predicted molar refractivity (Wildman–Crippen MR) is 118 cm³/mol. The number of carbonyl (C=O) groups excluding carboxylic acids is 3. The SMILES string of the molecule is O=C1OC2(c3ccc(O)cc3Oc3cc(O)ccc32)c2ccc([N+]3(O)C(=O)CCC3=O)c(C(=O)O)c21. The Labute approximate surface area is 201 Å². The molecule has 1 saturated heterocycles. The molecule has 11 heteroatoms. The molecule has 3 heterocycles. The molecule has 0 radical (unpaired) electrons. The Kier molecular flexibility index (Phi) is 4.17. The summed E-state index contributed by atoms with van der Waals surface area (Å²) in [6.45, 7) is 0. The lowest BCUT2D eigenvalue weighted by atomic mass is 9.76. The van der Waals surface area contributed by atoms with E-state index in [1.54, 1.807) is 0 Å². The van der Waals surface area contributed by atoms with E-state index in [4.69, 9.17) is 9.47 Å². The van der Waals surface area contributed by atoms with Gasteiger partial charge >= 0.3 is 23.8 Å². The number of benzene rings is 3. The molecule has 11 nitrogen and oxygen atoms in total. The molecule has 0 saturated carbocycles. The lowest BCUT2D eigenvalue weighted by Gasteiger charge is -2.36. The fourth-order valence-electron chi connectivity index (χ4n) is 5.21. The number of ether oxygens (including phenoxy) is 2. The quantitative estimate of drug-likeness (QED) is 0.181. The number of carboxylic acid groups (broad SMARTS) is 1. The van der Waals surface area contributed by atoms with Crippen molar-refractivity contribution in [3.8, 4) is 23.0 Å². The summed E-state index contributed by atoms with van der Waals surface area (Å²) in [6.07, 6.45) is -0.574. The second kappa shape index (κ2) is 6.90. The molecule has 2 amide bonds. The zero-order valence-electron chi connectivity index (χ0n) is 18.2. The monoisotopic (exact) mass is 490 g/mol. The zero-order valence-corrected chi connectivity index (χ0v) is 18.2. The molecular formula is C25H16NO10+. The highest BCUT2D eigenvalue weighted by Crippen LogP contribution is 2.58. The topological polar surface area (TPSA) is 168 Å². The third kappa shape index (κ3) is 2.52. The Morgan fingerprint density at radius 1 is 0.833 bits per heavy atom. The third-order valence-electron chi connectivity index (χ3n) is 6.76. The summed E-state index contributed by atoms with van der Waals surface area (Å²) in [4.78, 5) is 50.8. The highest BCUT2D eigenvalue weighted by atomic mass is 16.6. The van der Waals surface area contributed by atoms with Crippen molar-refractivity contribution in [2.24, 2.45) is 0 Å². The first kappa shape index (κ1) is 21.8. The van der Waals surface area contributed by atoms with E-state index >= 15 is 0 Å². The number of quaternary nitrogens is 1. The number of amides is 2. The van der Waals surface area contributed by atoms with E-state index in [1.807, 2.05) is 0 Å². The number of phenols is 2. The second-order valence-corrected chi connectivity index (χ2v) is 8.64. The van der Waals surface area contributed by atoms with Gasteiger partial charge in [-0.15, -0.1) is 0 Å². The van der Waals surface area contributed by atoms with Gasteiger partial charge in [0.25, 0.3) is 0 Å². The maximum absolute atomic E-state index is 13.4. The molecule has 0 unspecified atom stereocenters. The highest BCUT2D eigenvalue weighted by Gasteiger charge is 2.59. The fourth-order valence-corrected chi connectivity index (χ4v) is 5.21. The molecule has 0 aromatic heterocycles. The molecular weight excluding hydrogens is 474 g/mol. The number of hydroxylamine groups is 2. The molecule has 1 fully saturated rings. The summed E-state index contributed by atoms with van der Waals surface area (Å²) in [7, 11) is 0. The van der Waals surface area contributed by atoms with Crippen LogP contribution < -0.4 is 9.38 Å². The second-order valence-electron chi connectivity index (χ2n) is 8.64. The van der Waals surface area contributed by atoms with Crippen molar-refractivity contribution in [2.75, 3.05) is 0 Å². The summed E-state index contributed by atoms with van der Waals surface area (Å²) >= 11 is 0. The minimum absolute atomic E-state index is 0.0570. The number of carbonyl (C=O) groups is 4. The van der Waals surface area contributed by atoms with Crippen LogP contribution in [-0.4, -0.2) is 44.3 Å². The van der Waals surface area contributed by atoms with Crippen molar-refractivity contribution in [3.63, 3.8) is 0 Å². The average Bonchev–Trinajstić information content (AvgIpc) is 3.27. The van der Waals surface area contributed by atoms with Crippen LogP contribution >= 0.6 is 0 Å². The fraction of sp³-hybridized carbons (Fsp3) is 0.120. The van der Waals surface area contributed by atoms with Gasteiger partial charge < -0.3 is 24.8 Å². The molecule has 36 heavy (non-hydrogen) atoms. The van der Waals surface area contributed by atoms with Crippen molar-refractivity contribution < 1.29 is 49.2 Å². The van der Waals surface area contributed by atoms with Gasteiger partial charge in [-0.25, -0.2) is 19.2 Å². The Morgan fingerprint density at radius 2 is 1.36 bits per heavy atom. The number of nitrogens with zero attached hydrogens (tertiary/aromatic N) is 1. The molecule has 0 atom stereocenters. The Balaban J connectivity index is 1.71. The summed E-state index contributed by atoms with van der Waals surface area (Å²) in [5, 5.41) is 41.1. The molecule has 4 N–H and O–H groups in total. The number of rotatable bonds is 2. The van der Waals surface area contributed by atoms with Gasteiger partial charge in [0.05, 0.1) is 18.4 Å². The minimum Gasteiger partial charge on any atom is -0.508 e. The van der Waals surface area contributed by atoms with E-state index in [9.17, 15) is 39.7 Å². The van der Waals surface area contributed by atoms with Gasteiger partial charge in [0.15, 0.2) is 11.3 Å². The Morgan fingerprint density at radius 3 is 1.89 bits per heavy atom. The molecule has 1 spiro atoms. The number of carboxylic acids is 1. The first-order valence-electron chi connectivity index (χ1n) is 10.8. The number of hydrogen-bond donors (Lipinski definition) is 4. The van der Waals surface area contributed by atoms with Crippen LogP contribution in [0.15, 0.2) is 48.5 Å². The molecule has 3 aliphatic rings. The lowest BCUT2D eigenvalue weighted by Crippen LogP contribution is -2.51. The van der Waals surface area contributed by atoms with E-state index in [-0.39, 0.29) is 52.5 Å². The smallest absolute Gasteiger partial charge is 0.359 e. The molecule has 3 aromatic carbocycles. The lowest BCUT2D eigenvalue weighted by molar-refractivity contribution is -0.168. The molecule has 0 aliphatic carbocycles. The van der Waals surface area contributed by atoms with E-state index in [2.05, 4.69) is 0 Å². The molecule has 0 bridgehead atoms. The van der Waals surface area contributed by atoms with Gasteiger partial charge in [-0.2, -0.15) is 5.21 Å². The van der Waals surface area contributed by atoms with E-state index in [0.717, 1.165) is 6.07 Å². The van der Waals surface area contributed by atoms with E-state index < -0.39 is 50.8 Å². The van der Waals surface area contributed by atoms with Crippen LogP contribution in [0, 0.1) is 0 Å². The number of hydrogen-bond acceptors (Lipinski definition) is 9. The number of esters is 1. The van der Waals surface area contributed by atoms with Crippen LogP contribution in [0.1, 0.15) is 50.2 Å². The highest BCUT2D eigenvalue weighted by molar-refractivity contribution is 6.17. The van der Waals surface area contributed by atoms with Crippen LogP contribution in [0.3, 0.4) is 0 Å². The van der Waals surface area contributed by atoms with Gasteiger partial charge in [-0.05, 0) is 35.0 Å². The van der Waals surface area contributed by atoms with Gasteiger partial charge in [0.2, 0.25) is 0 Å². The summed E-state index contributed by atoms with van der Waals surface area (Å²) in [5.74, 6) is -4.70. The van der Waals surface area contributed by atoms with Gasteiger partial charge in [-0.1, -0.05) is 0 Å². The molecule has 3 aliphatic heterocycles. The zero-order chi connectivity index (χ0) is 25.6. The Hall–Kier alpha value is -4.74. The van der Waals surface area contributed by atoms with E-state index in [0.29, 0.717) is 0 Å². The van der Waals surface area contributed by atoms with Crippen molar-refractivity contribution >= 4 is 29.4 Å². The molecule has 180 valence electrons. The van der Waals surface area contributed by atoms with Crippen LogP contribution in [0.25, 0.3) is 0 Å². The molecule has 3 aromatic rings. The van der Waals surface area contributed by atoms with Gasteiger partial charge in [-0.3, -0.25) is 0 Å². The average molecular weight is 490 g/mol. The van der Waals surface area contributed by atoms with Crippen molar-refractivity contribution in [3.05, 3.63) is 76.3 Å². The number of phenolic OH excluding ortho intramolecular Hbond substituents is 2. The number of aromatic hydroxyl groups is 2. The summed E-state index contributed by atoms with van der Waals surface area (Å²) < 4.78 is 9.86. The third-order valence-corrected chi connectivity index (χ3v) is 6.76. The normalized spacial score (nSPS) is 18.3. The number of fused-ring (bicyclic) bond motifs is 6. The van der Waals surface area contributed by atoms with Crippen LogP contribution in [0.2, 0.25) is 0 Å². The van der Waals surface area contributed by atoms with Gasteiger partial charge in [0, 0.05) is 34.9 Å². The number of aromatic carboxylic acids is 1. The van der Waals surface area contributed by atoms with Crippen LogP contribution in [-0.2, 0) is 19.9 Å². The first-order chi connectivity index (χ1) is 17.1. The van der Waals surface area contributed by atoms with Crippen LogP contribution in [0.4, 0.5) is 5.69 Å². The Bertz CT molecular complexity index is 1510.